The molecule has 100 valence electrons. The molecule has 0 N–H and O–H groups in total. The summed E-state index contributed by atoms with van der Waals surface area (Å²) in [7, 11) is 0. The summed E-state index contributed by atoms with van der Waals surface area (Å²) in [6.45, 7) is 0. The summed E-state index contributed by atoms with van der Waals surface area (Å²) in [4.78, 5) is 0. The number of nitriles is 2. The van der Waals surface area contributed by atoms with Crippen molar-refractivity contribution in [3.8, 4) is 12.1 Å². The van der Waals surface area contributed by atoms with Crippen LogP contribution < -0.4 is 8.07 Å². The van der Waals surface area contributed by atoms with Crippen LogP contribution in [0.1, 0.15) is 11.1 Å². The van der Waals surface area contributed by atoms with Crippen molar-refractivity contribution in [1.82, 2.24) is 0 Å². The number of hydrogen-bond acceptors (Lipinski definition) is 2. The van der Waals surface area contributed by atoms with Crippen LogP contribution in [0.25, 0.3) is 0 Å². The summed E-state index contributed by atoms with van der Waals surface area (Å²) in [6, 6.07) is 19.4. The molecule has 19 heavy (non-hydrogen) atoms. The van der Waals surface area contributed by atoms with E-state index in [1.807, 2.05) is 48.5 Å². The van der Waals surface area contributed by atoms with Gasteiger partial charge in [-0.05, 0) is 0 Å². The molecule has 0 aliphatic carbocycles. The van der Waals surface area contributed by atoms with Gasteiger partial charge in [0.05, 0.1) is 0 Å². The van der Waals surface area contributed by atoms with Gasteiger partial charge in [-0.15, -0.1) is 24.8 Å². The van der Waals surface area contributed by atoms with Gasteiger partial charge in [-0.2, -0.15) is 0 Å². The monoisotopic (exact) mass is 382 g/mol. The molecule has 2 aromatic carbocycles. The van der Waals surface area contributed by atoms with Crippen LogP contribution in [0.4, 0.5) is 0 Å². The van der Waals surface area contributed by atoms with E-state index in [-0.39, 0.29) is 24.8 Å². The SMILES string of the molecule is Cl.Cl.N#Cc1cc[c]([Pd][c]2ccc(C#N)cc2)cc1. The van der Waals surface area contributed by atoms with E-state index in [0.29, 0.717) is 29.1 Å². The summed E-state index contributed by atoms with van der Waals surface area (Å²) in [6.07, 6.45) is 0. The van der Waals surface area contributed by atoms with Gasteiger partial charge in [0.15, 0.2) is 0 Å². The van der Waals surface area contributed by atoms with Crippen molar-refractivity contribution in [3.05, 3.63) is 59.7 Å². The first-order valence-corrected chi connectivity index (χ1v) is 6.46. The number of hydrogen-bond donors (Lipinski definition) is 0. The maximum absolute atomic E-state index is 8.70. The Morgan fingerprint density at radius 1 is 0.632 bits per heavy atom. The fraction of sp³-hybridized carbons (Fsp3) is 0. The van der Waals surface area contributed by atoms with E-state index in [9.17, 15) is 0 Å². The van der Waals surface area contributed by atoms with Crippen molar-refractivity contribution in [2.24, 2.45) is 0 Å². The van der Waals surface area contributed by atoms with Gasteiger partial charge in [0.2, 0.25) is 0 Å². The molecule has 0 heterocycles. The minimum absolute atomic E-state index is 0. The van der Waals surface area contributed by atoms with Crippen LogP contribution in [0, 0.1) is 22.7 Å². The van der Waals surface area contributed by atoms with Gasteiger partial charge in [0.25, 0.3) is 0 Å². The summed E-state index contributed by atoms with van der Waals surface area (Å²) >= 11 is 0.343. The van der Waals surface area contributed by atoms with Crippen molar-refractivity contribution in [2.45, 2.75) is 0 Å². The Hall–Kier alpha value is -1.34. The molecule has 2 nitrogen and oxygen atoms in total. The molecular formula is C14H10Cl2N2Pd. The average molecular weight is 384 g/mol. The van der Waals surface area contributed by atoms with Gasteiger partial charge in [-0.3, -0.25) is 0 Å². The van der Waals surface area contributed by atoms with E-state index >= 15 is 0 Å². The van der Waals surface area contributed by atoms with E-state index in [1.165, 1.54) is 8.07 Å². The van der Waals surface area contributed by atoms with Crippen LogP contribution >= 0.6 is 24.8 Å². The molecular weight excluding hydrogens is 373 g/mol. The van der Waals surface area contributed by atoms with Gasteiger partial charge < -0.3 is 0 Å². The zero-order chi connectivity index (χ0) is 12.1. The van der Waals surface area contributed by atoms with Crippen LogP contribution in [-0.2, 0) is 18.0 Å². The van der Waals surface area contributed by atoms with Gasteiger partial charge in [-0.1, -0.05) is 0 Å². The van der Waals surface area contributed by atoms with Gasteiger partial charge in [0, 0.05) is 0 Å². The fourth-order valence-electron chi connectivity index (χ4n) is 1.24. The molecule has 0 spiro atoms. The van der Waals surface area contributed by atoms with Crippen LogP contribution in [0.3, 0.4) is 0 Å². The van der Waals surface area contributed by atoms with E-state index in [0.717, 1.165) is 0 Å². The predicted molar refractivity (Wildman–Crippen MR) is 76.1 cm³/mol. The fourth-order valence-corrected chi connectivity index (χ4v) is 2.79. The number of nitrogens with zero attached hydrogens (tertiary/aromatic N) is 2. The molecule has 2 aromatic rings. The Kier molecular flexibility index (Phi) is 8.10. The number of rotatable bonds is 2. The molecule has 0 radical (unpaired) electrons. The van der Waals surface area contributed by atoms with E-state index in [2.05, 4.69) is 12.1 Å². The van der Waals surface area contributed by atoms with Crippen LogP contribution in [0.15, 0.2) is 48.5 Å². The topological polar surface area (TPSA) is 47.6 Å². The zero-order valence-corrected chi connectivity index (χ0v) is 12.8. The summed E-state index contributed by atoms with van der Waals surface area (Å²) < 4.78 is 2.42. The Morgan fingerprint density at radius 3 is 1.21 bits per heavy atom. The number of halogens is 2. The van der Waals surface area contributed by atoms with E-state index < -0.39 is 0 Å². The summed E-state index contributed by atoms with van der Waals surface area (Å²) in [5.41, 5.74) is 1.37. The van der Waals surface area contributed by atoms with Crippen molar-refractivity contribution in [1.29, 1.82) is 10.5 Å². The molecule has 0 saturated carbocycles. The first-order chi connectivity index (χ1) is 8.31. The van der Waals surface area contributed by atoms with Crippen molar-refractivity contribution in [2.75, 3.05) is 0 Å². The summed E-state index contributed by atoms with van der Waals surface area (Å²) in [5.74, 6) is 0. The third kappa shape index (κ3) is 5.04. The molecule has 5 heteroatoms. The normalized spacial score (nSPS) is 8.53. The second kappa shape index (κ2) is 8.71. The van der Waals surface area contributed by atoms with Crippen LogP contribution in [-0.4, -0.2) is 0 Å². The second-order valence-corrected chi connectivity index (χ2v) is 5.43. The molecule has 0 fully saturated rings. The zero-order valence-electron chi connectivity index (χ0n) is 9.65. The first kappa shape index (κ1) is 17.7. The molecule has 0 aromatic heterocycles. The minimum atomic E-state index is 0. The Bertz CT molecular complexity index is 540. The molecule has 0 aliphatic rings. The quantitative estimate of drug-likeness (QED) is 0.747. The Labute approximate surface area is 133 Å². The third-order valence-electron chi connectivity index (χ3n) is 2.09. The Balaban J connectivity index is 0.00000162. The van der Waals surface area contributed by atoms with Crippen molar-refractivity contribution in [3.63, 3.8) is 0 Å². The standard InChI is InChI=1S/2C7H4N.2ClH.Pd/c2*8-6-7-4-2-1-3-5-7;;;/h2*2-5H;2*1H;. The molecule has 2 rings (SSSR count). The molecule has 0 saturated heterocycles. The van der Waals surface area contributed by atoms with Gasteiger partial charge in [0.1, 0.15) is 0 Å². The average Bonchev–Trinajstić information content (AvgIpc) is 2.40. The van der Waals surface area contributed by atoms with Crippen molar-refractivity contribution >= 4 is 32.9 Å². The maximum atomic E-state index is 8.70. The van der Waals surface area contributed by atoms with Crippen molar-refractivity contribution < 1.29 is 18.0 Å². The molecule has 0 amide bonds. The number of benzene rings is 2. The summed E-state index contributed by atoms with van der Waals surface area (Å²) in [5, 5.41) is 17.4. The van der Waals surface area contributed by atoms with Crippen LogP contribution in [0.2, 0.25) is 0 Å². The third-order valence-corrected chi connectivity index (χ3v) is 4.02. The molecule has 0 aliphatic heterocycles. The predicted octanol–water partition coefficient (Wildman–Crippen LogP) is 2.31. The molecule has 0 atom stereocenters. The molecule has 0 bridgehead atoms. The van der Waals surface area contributed by atoms with Crippen LogP contribution in [0.5, 0.6) is 0 Å². The Morgan fingerprint density at radius 2 is 0.947 bits per heavy atom. The van der Waals surface area contributed by atoms with Gasteiger partial charge in [-0.25, -0.2) is 0 Å². The second-order valence-electron chi connectivity index (χ2n) is 3.25. The van der Waals surface area contributed by atoms with E-state index in [1.54, 1.807) is 0 Å². The van der Waals surface area contributed by atoms with E-state index in [4.69, 9.17) is 10.5 Å². The molecule has 0 unspecified atom stereocenters. The van der Waals surface area contributed by atoms with Gasteiger partial charge >= 0.3 is 108 Å². The first-order valence-electron chi connectivity index (χ1n) is 4.91.